The molecule has 0 unspecified atom stereocenters. The molecule has 7 nitrogen and oxygen atoms in total. The minimum atomic E-state index is 0.142. The number of imidazole rings is 1. The van der Waals surface area contributed by atoms with Gasteiger partial charge in [0.25, 0.3) is 0 Å². The lowest BCUT2D eigenvalue weighted by Crippen LogP contribution is -2.45. The summed E-state index contributed by atoms with van der Waals surface area (Å²) in [6.07, 6.45) is 9.10. The fraction of sp³-hybridized carbons (Fsp3) is 0.414. The second-order valence-electron chi connectivity index (χ2n) is 10.3. The molecule has 0 bridgehead atoms. The van der Waals surface area contributed by atoms with Crippen molar-refractivity contribution in [3.63, 3.8) is 0 Å². The summed E-state index contributed by atoms with van der Waals surface area (Å²) in [7, 11) is 0. The molecule has 2 saturated heterocycles. The Balaban J connectivity index is 1.13. The molecule has 5 heterocycles. The number of rotatable bonds is 5. The number of piperidine rings is 2. The Hall–Kier alpha value is -3.45. The van der Waals surface area contributed by atoms with Crippen LogP contribution in [0, 0.1) is 12.8 Å². The SMILES string of the molecule is Cc1ccc2c(c1)nc(-c1ccccn1)n2C1CCN(C(=O)C2CCN(Cc3ccoc3)CC2)CC1. The Morgan fingerprint density at radius 2 is 1.86 bits per heavy atom. The van der Waals surface area contributed by atoms with Crippen LogP contribution >= 0.6 is 0 Å². The first-order chi connectivity index (χ1) is 17.7. The Kier molecular flexibility index (Phi) is 6.32. The number of fused-ring (bicyclic) bond motifs is 1. The van der Waals surface area contributed by atoms with E-state index >= 15 is 0 Å². The van der Waals surface area contributed by atoms with Crippen LogP contribution in [0.3, 0.4) is 0 Å². The highest BCUT2D eigenvalue weighted by atomic mass is 16.3. The lowest BCUT2D eigenvalue weighted by atomic mass is 9.93. The number of benzene rings is 1. The van der Waals surface area contributed by atoms with Crippen molar-refractivity contribution in [3.05, 3.63) is 72.3 Å². The summed E-state index contributed by atoms with van der Waals surface area (Å²) in [5.74, 6) is 1.40. The standard InChI is InChI=1S/C29H33N5O2/c1-21-5-6-27-26(18-21)31-28(25-4-2-3-12-30-25)34(27)24-9-15-33(16-10-24)29(35)23-7-13-32(14-8-23)19-22-11-17-36-20-22/h2-6,11-12,17-18,20,23-24H,7-10,13-16,19H2,1H3. The molecule has 0 atom stereocenters. The van der Waals surface area contributed by atoms with Gasteiger partial charge in [-0.2, -0.15) is 0 Å². The normalized spacial score (nSPS) is 18.2. The fourth-order valence-electron chi connectivity index (χ4n) is 5.84. The lowest BCUT2D eigenvalue weighted by molar-refractivity contribution is -0.138. The smallest absolute Gasteiger partial charge is 0.225 e. The monoisotopic (exact) mass is 483 g/mol. The van der Waals surface area contributed by atoms with Crippen LogP contribution in [0.25, 0.3) is 22.6 Å². The molecule has 6 rings (SSSR count). The van der Waals surface area contributed by atoms with Crippen molar-refractivity contribution in [2.75, 3.05) is 26.2 Å². The largest absolute Gasteiger partial charge is 0.472 e. The minimum absolute atomic E-state index is 0.142. The number of pyridine rings is 1. The predicted molar refractivity (Wildman–Crippen MR) is 139 cm³/mol. The van der Waals surface area contributed by atoms with Crippen molar-refractivity contribution in [2.45, 2.75) is 45.2 Å². The highest BCUT2D eigenvalue weighted by Crippen LogP contribution is 2.34. The van der Waals surface area contributed by atoms with Crippen molar-refractivity contribution in [2.24, 2.45) is 5.92 Å². The lowest BCUT2D eigenvalue weighted by Gasteiger charge is -2.38. The Labute approximate surface area is 211 Å². The molecule has 3 aromatic heterocycles. The van der Waals surface area contributed by atoms with Crippen LogP contribution in [0.1, 0.15) is 42.9 Å². The number of carbonyl (C=O) groups excluding carboxylic acids is 1. The van der Waals surface area contributed by atoms with Crippen LogP contribution in [0.2, 0.25) is 0 Å². The van der Waals surface area contributed by atoms with Gasteiger partial charge in [0.2, 0.25) is 5.91 Å². The number of hydrogen-bond donors (Lipinski definition) is 0. The van der Waals surface area contributed by atoms with Crippen LogP contribution in [-0.4, -0.2) is 56.4 Å². The fourth-order valence-corrected chi connectivity index (χ4v) is 5.84. The Bertz CT molecular complexity index is 1310. The first-order valence-electron chi connectivity index (χ1n) is 13.1. The maximum absolute atomic E-state index is 13.4. The second-order valence-corrected chi connectivity index (χ2v) is 10.3. The van der Waals surface area contributed by atoms with Crippen LogP contribution in [0.5, 0.6) is 0 Å². The number of furan rings is 1. The van der Waals surface area contributed by atoms with E-state index in [2.05, 4.69) is 44.5 Å². The zero-order valence-electron chi connectivity index (χ0n) is 20.8. The molecule has 2 aliphatic heterocycles. The molecular formula is C29H33N5O2. The predicted octanol–water partition coefficient (Wildman–Crippen LogP) is 5.08. The summed E-state index contributed by atoms with van der Waals surface area (Å²) in [6, 6.07) is 14.8. The highest BCUT2D eigenvalue weighted by molar-refractivity contribution is 5.81. The Morgan fingerprint density at radius 3 is 2.58 bits per heavy atom. The molecule has 7 heteroatoms. The molecule has 1 aromatic carbocycles. The maximum atomic E-state index is 13.4. The van der Waals surface area contributed by atoms with E-state index in [0.717, 1.165) is 81.0 Å². The molecule has 2 fully saturated rings. The minimum Gasteiger partial charge on any atom is -0.472 e. The second kappa shape index (κ2) is 9.90. The summed E-state index contributed by atoms with van der Waals surface area (Å²) >= 11 is 0. The summed E-state index contributed by atoms with van der Waals surface area (Å²) in [5.41, 5.74) is 5.46. The van der Waals surface area contributed by atoms with Gasteiger partial charge in [-0.25, -0.2) is 4.98 Å². The summed E-state index contributed by atoms with van der Waals surface area (Å²) in [6.45, 7) is 6.53. The molecule has 0 aliphatic carbocycles. The van der Waals surface area contributed by atoms with E-state index in [4.69, 9.17) is 9.40 Å². The van der Waals surface area contributed by atoms with Gasteiger partial charge in [0.15, 0.2) is 5.82 Å². The number of nitrogens with zero attached hydrogens (tertiary/aromatic N) is 5. The summed E-state index contributed by atoms with van der Waals surface area (Å²) in [4.78, 5) is 27.5. The third-order valence-electron chi connectivity index (χ3n) is 7.80. The molecule has 0 radical (unpaired) electrons. The van der Waals surface area contributed by atoms with Crippen LogP contribution in [0.4, 0.5) is 0 Å². The van der Waals surface area contributed by atoms with Crippen molar-refractivity contribution >= 4 is 16.9 Å². The number of aryl methyl sites for hydroxylation is 1. The van der Waals surface area contributed by atoms with E-state index in [-0.39, 0.29) is 5.92 Å². The third-order valence-corrected chi connectivity index (χ3v) is 7.80. The van der Waals surface area contributed by atoms with E-state index in [1.54, 1.807) is 6.26 Å². The Morgan fingerprint density at radius 1 is 1.03 bits per heavy atom. The van der Waals surface area contributed by atoms with Gasteiger partial charge in [0, 0.05) is 43.4 Å². The number of aromatic nitrogens is 3. The van der Waals surface area contributed by atoms with Crippen molar-refractivity contribution in [1.82, 2.24) is 24.3 Å². The molecule has 4 aromatic rings. The highest BCUT2D eigenvalue weighted by Gasteiger charge is 2.32. The quantitative estimate of drug-likeness (QED) is 0.396. The van der Waals surface area contributed by atoms with Gasteiger partial charge in [-0.1, -0.05) is 12.1 Å². The molecule has 36 heavy (non-hydrogen) atoms. The van der Waals surface area contributed by atoms with Crippen LogP contribution in [-0.2, 0) is 11.3 Å². The van der Waals surface area contributed by atoms with Gasteiger partial charge >= 0.3 is 0 Å². The van der Waals surface area contributed by atoms with E-state index in [9.17, 15) is 4.79 Å². The number of hydrogen-bond acceptors (Lipinski definition) is 5. The summed E-state index contributed by atoms with van der Waals surface area (Å²) in [5, 5.41) is 0. The maximum Gasteiger partial charge on any atom is 0.225 e. The molecular weight excluding hydrogens is 450 g/mol. The van der Waals surface area contributed by atoms with Crippen molar-refractivity contribution in [1.29, 1.82) is 0 Å². The summed E-state index contributed by atoms with van der Waals surface area (Å²) < 4.78 is 7.56. The number of likely N-dealkylation sites (tertiary alicyclic amines) is 2. The van der Waals surface area contributed by atoms with Crippen LogP contribution in [0.15, 0.2) is 65.6 Å². The average molecular weight is 484 g/mol. The average Bonchev–Trinajstić information content (AvgIpc) is 3.57. The first-order valence-corrected chi connectivity index (χ1v) is 13.1. The van der Waals surface area contributed by atoms with Crippen molar-refractivity contribution < 1.29 is 9.21 Å². The van der Waals surface area contributed by atoms with Gasteiger partial charge in [0.05, 0.1) is 23.6 Å². The molecule has 0 N–H and O–H groups in total. The van der Waals surface area contributed by atoms with Gasteiger partial charge in [0.1, 0.15) is 5.69 Å². The van der Waals surface area contributed by atoms with E-state index in [1.807, 2.05) is 36.7 Å². The molecule has 2 aliphatic rings. The zero-order chi connectivity index (χ0) is 24.5. The zero-order valence-corrected chi connectivity index (χ0v) is 20.8. The van der Waals surface area contributed by atoms with E-state index in [0.29, 0.717) is 11.9 Å². The topological polar surface area (TPSA) is 67.4 Å². The molecule has 186 valence electrons. The third kappa shape index (κ3) is 4.55. The van der Waals surface area contributed by atoms with Gasteiger partial charge in [-0.05, 0) is 81.6 Å². The number of carbonyl (C=O) groups is 1. The van der Waals surface area contributed by atoms with Crippen LogP contribution < -0.4 is 0 Å². The molecule has 0 saturated carbocycles. The van der Waals surface area contributed by atoms with Gasteiger partial charge in [-0.3, -0.25) is 14.7 Å². The van der Waals surface area contributed by atoms with Gasteiger partial charge in [-0.15, -0.1) is 0 Å². The van der Waals surface area contributed by atoms with E-state index < -0.39 is 0 Å². The number of amides is 1. The molecule has 0 spiro atoms. The van der Waals surface area contributed by atoms with Gasteiger partial charge < -0.3 is 13.9 Å². The van der Waals surface area contributed by atoms with E-state index in [1.165, 1.54) is 11.1 Å². The molecule has 1 amide bonds. The first kappa shape index (κ1) is 23.0. The van der Waals surface area contributed by atoms with Crippen molar-refractivity contribution in [3.8, 4) is 11.5 Å².